The first-order chi connectivity index (χ1) is 30.6. The van der Waals surface area contributed by atoms with Gasteiger partial charge >= 0.3 is 0 Å². The van der Waals surface area contributed by atoms with Crippen molar-refractivity contribution in [3.63, 3.8) is 0 Å². The largest absolute Gasteiger partial charge is 0.309 e. The second-order valence-electron chi connectivity index (χ2n) is 23.9. The van der Waals surface area contributed by atoms with Crippen LogP contribution in [0.25, 0.3) is 22.3 Å². The van der Waals surface area contributed by atoms with E-state index in [1.54, 1.807) is 11.1 Å². The number of benzene rings is 6. The van der Waals surface area contributed by atoms with Crippen molar-refractivity contribution in [3.8, 4) is 22.3 Å². The van der Waals surface area contributed by atoms with Crippen LogP contribution < -0.4 is 4.90 Å². The van der Waals surface area contributed by atoms with Crippen LogP contribution in [0, 0.1) is 23.7 Å². The lowest BCUT2D eigenvalue weighted by Crippen LogP contribution is -2.57. The van der Waals surface area contributed by atoms with Gasteiger partial charge in [0.1, 0.15) is 0 Å². The van der Waals surface area contributed by atoms with Crippen LogP contribution in [0.1, 0.15) is 147 Å². The van der Waals surface area contributed by atoms with Gasteiger partial charge in [-0.25, -0.2) is 0 Å². The minimum absolute atomic E-state index is 0.0546. The predicted molar refractivity (Wildman–Crippen MR) is 271 cm³/mol. The molecule has 4 saturated carbocycles. The van der Waals surface area contributed by atoms with E-state index in [0.29, 0.717) is 11.8 Å². The Bertz CT molecular complexity index is 2700. The Kier molecular flexibility index (Phi) is 9.11. The lowest BCUT2D eigenvalue weighted by Gasteiger charge is -2.63. The molecular formula is C62H67NS. The molecule has 6 aromatic rings. The summed E-state index contributed by atoms with van der Waals surface area (Å²) in [6.07, 6.45) is 11.8. The van der Waals surface area contributed by atoms with E-state index < -0.39 is 0 Å². The number of anilines is 3. The van der Waals surface area contributed by atoms with E-state index in [0.717, 1.165) is 11.8 Å². The average Bonchev–Trinajstić information content (AvgIpc) is 3.28. The Hall–Kier alpha value is -4.53. The highest BCUT2D eigenvalue weighted by Gasteiger charge is 2.60. The van der Waals surface area contributed by atoms with E-state index in [-0.39, 0.29) is 27.1 Å². The number of para-hydroxylation sites is 2. The molecule has 4 bridgehead atoms. The van der Waals surface area contributed by atoms with E-state index in [1.807, 2.05) is 11.8 Å². The predicted octanol–water partition coefficient (Wildman–Crippen LogP) is 17.4. The summed E-state index contributed by atoms with van der Waals surface area (Å²) in [5, 5.41) is 0. The lowest BCUT2D eigenvalue weighted by atomic mass is 9.42. The normalized spacial score (nSPS) is 27.0. The maximum absolute atomic E-state index is 2.70. The van der Waals surface area contributed by atoms with Gasteiger partial charge in [-0.1, -0.05) is 158 Å². The summed E-state index contributed by atoms with van der Waals surface area (Å²) < 4.78 is 0. The first-order valence-electron chi connectivity index (χ1n) is 24.8. The van der Waals surface area contributed by atoms with Crippen LogP contribution in [0.4, 0.5) is 17.1 Å². The number of hydrogen-bond acceptors (Lipinski definition) is 2. The Morgan fingerprint density at radius 1 is 0.406 bits per heavy atom. The van der Waals surface area contributed by atoms with Crippen LogP contribution in [-0.4, -0.2) is 0 Å². The Morgan fingerprint density at radius 3 is 1.39 bits per heavy atom. The average molecular weight is 858 g/mol. The third-order valence-corrected chi connectivity index (χ3v) is 19.4. The molecule has 7 aliphatic rings. The van der Waals surface area contributed by atoms with Gasteiger partial charge in [-0.3, -0.25) is 0 Å². The standard InChI is InChI=1S/C62H67NS/c1-58(2)27-29-60(5,6)51-36-41(21-24-48(51)58)46-15-9-12-18-54(46)63(55-19-13-10-16-47(55)42-22-25-49-52(37-42)61(7,8)30-28-59(49,3)4)45-23-26-57-53(38-45)62(50-17-11-14-20-56(50)64-57)43-32-39-31-40(34-43)35-44(62)33-39/h9-26,36-40,43-44H,27-35H2,1-8H3. The molecule has 2 heteroatoms. The summed E-state index contributed by atoms with van der Waals surface area (Å²) in [7, 11) is 0. The van der Waals surface area contributed by atoms with Gasteiger partial charge in [0.15, 0.2) is 0 Å². The topological polar surface area (TPSA) is 3.24 Å². The smallest absolute Gasteiger partial charge is 0.0540 e. The SMILES string of the molecule is CC1(C)CCC(C)(C)c2cc(-c3ccccc3N(c3ccc4c(c3)C3(c5ccccc5S4)C4CC5CC(C4)CC3C5)c3ccccc3-c3ccc4c(c3)C(C)(C)CCC4(C)C)ccc21. The monoisotopic (exact) mass is 857 g/mol. The maximum atomic E-state index is 2.70. The molecule has 1 aliphatic heterocycles. The molecular weight excluding hydrogens is 791 g/mol. The fourth-order valence-corrected chi connectivity index (χ4v) is 16.0. The zero-order valence-corrected chi connectivity index (χ0v) is 40.5. The van der Waals surface area contributed by atoms with Gasteiger partial charge in [-0.15, -0.1) is 0 Å². The highest BCUT2D eigenvalue weighted by atomic mass is 32.2. The van der Waals surface area contributed by atoms with Crippen LogP contribution in [-0.2, 0) is 27.1 Å². The number of rotatable bonds is 5. The van der Waals surface area contributed by atoms with E-state index >= 15 is 0 Å². The molecule has 1 nitrogen and oxygen atoms in total. The molecule has 0 atom stereocenters. The molecule has 1 spiro atoms. The van der Waals surface area contributed by atoms with E-state index in [2.05, 4.69) is 188 Å². The molecule has 0 saturated heterocycles. The molecule has 64 heavy (non-hydrogen) atoms. The van der Waals surface area contributed by atoms with Crippen molar-refractivity contribution < 1.29 is 0 Å². The Morgan fingerprint density at radius 2 is 0.859 bits per heavy atom. The van der Waals surface area contributed by atoms with Crippen molar-refractivity contribution in [2.45, 2.75) is 150 Å². The van der Waals surface area contributed by atoms with Crippen LogP contribution in [0.2, 0.25) is 0 Å². The van der Waals surface area contributed by atoms with E-state index in [1.165, 1.54) is 129 Å². The minimum atomic E-state index is 0.0546. The third-order valence-electron chi connectivity index (χ3n) is 18.3. The molecule has 13 rings (SSSR count). The van der Waals surface area contributed by atoms with Crippen molar-refractivity contribution in [2.75, 3.05) is 4.90 Å². The fraction of sp³-hybridized carbons (Fsp3) is 0.419. The zero-order valence-electron chi connectivity index (χ0n) is 39.7. The number of nitrogens with zero attached hydrogens (tertiary/aromatic N) is 1. The quantitative estimate of drug-likeness (QED) is 0.170. The van der Waals surface area contributed by atoms with E-state index in [9.17, 15) is 0 Å². The van der Waals surface area contributed by atoms with Crippen molar-refractivity contribution >= 4 is 28.8 Å². The van der Waals surface area contributed by atoms with Crippen LogP contribution in [0.3, 0.4) is 0 Å². The zero-order chi connectivity index (χ0) is 44.0. The van der Waals surface area contributed by atoms with Crippen molar-refractivity contribution in [1.82, 2.24) is 0 Å². The van der Waals surface area contributed by atoms with Gasteiger partial charge in [-0.05, 0) is 184 Å². The molecule has 0 unspecified atom stereocenters. The summed E-state index contributed by atoms with van der Waals surface area (Å²) in [5.74, 6) is 3.19. The van der Waals surface area contributed by atoms with Crippen LogP contribution in [0.5, 0.6) is 0 Å². The van der Waals surface area contributed by atoms with Crippen molar-refractivity contribution in [1.29, 1.82) is 0 Å². The Balaban J connectivity index is 1.10. The molecule has 0 amide bonds. The summed E-state index contributed by atoms with van der Waals surface area (Å²) >= 11 is 2.02. The van der Waals surface area contributed by atoms with Gasteiger partial charge in [-0.2, -0.15) is 0 Å². The summed E-state index contributed by atoms with van der Waals surface area (Å²) in [6, 6.07) is 50.8. The fourth-order valence-electron chi connectivity index (χ4n) is 14.8. The van der Waals surface area contributed by atoms with E-state index in [4.69, 9.17) is 0 Å². The van der Waals surface area contributed by atoms with Crippen molar-refractivity contribution in [3.05, 3.63) is 161 Å². The first-order valence-corrected chi connectivity index (χ1v) is 25.7. The number of hydrogen-bond donors (Lipinski definition) is 0. The van der Waals surface area contributed by atoms with Gasteiger partial charge in [0.25, 0.3) is 0 Å². The van der Waals surface area contributed by atoms with Gasteiger partial charge in [0.05, 0.1) is 11.4 Å². The van der Waals surface area contributed by atoms with Gasteiger partial charge in [0, 0.05) is 32.0 Å². The first kappa shape index (κ1) is 40.9. The molecule has 6 aromatic carbocycles. The summed E-state index contributed by atoms with van der Waals surface area (Å²) in [6.45, 7) is 19.6. The molecule has 0 radical (unpaired) electrons. The highest BCUT2D eigenvalue weighted by Crippen LogP contribution is 2.69. The molecule has 0 N–H and O–H groups in total. The van der Waals surface area contributed by atoms with Crippen LogP contribution in [0.15, 0.2) is 137 Å². The second-order valence-corrected chi connectivity index (χ2v) is 25.0. The lowest BCUT2D eigenvalue weighted by molar-refractivity contribution is -0.0443. The molecule has 0 aromatic heterocycles. The molecule has 1 heterocycles. The Labute approximate surface area is 388 Å². The van der Waals surface area contributed by atoms with Crippen molar-refractivity contribution in [2.24, 2.45) is 23.7 Å². The van der Waals surface area contributed by atoms with Gasteiger partial charge < -0.3 is 4.90 Å². The third kappa shape index (κ3) is 6.09. The van der Waals surface area contributed by atoms with Gasteiger partial charge in [0.2, 0.25) is 0 Å². The van der Waals surface area contributed by atoms with Crippen LogP contribution >= 0.6 is 11.8 Å². The molecule has 4 fully saturated rings. The molecule has 326 valence electrons. The number of fused-ring (bicyclic) bond motifs is 4. The summed E-state index contributed by atoms with van der Waals surface area (Å²) in [4.78, 5) is 5.62. The second kappa shape index (κ2) is 14.2. The summed E-state index contributed by atoms with van der Waals surface area (Å²) in [5.41, 5.74) is 18.8. The molecule has 6 aliphatic carbocycles. The maximum Gasteiger partial charge on any atom is 0.0540 e. The highest BCUT2D eigenvalue weighted by molar-refractivity contribution is 7.99. The minimum Gasteiger partial charge on any atom is -0.309 e.